The lowest BCUT2D eigenvalue weighted by Crippen LogP contribution is -2.30. The second-order valence-electron chi connectivity index (χ2n) is 6.70. The number of thioether (sulfide) groups is 1. The molecule has 1 fully saturated rings. The number of esters is 1. The molecule has 8 heteroatoms. The summed E-state index contributed by atoms with van der Waals surface area (Å²) in [4.78, 5) is 41.5. The zero-order valence-electron chi connectivity index (χ0n) is 15.3. The van der Waals surface area contributed by atoms with E-state index in [-0.39, 0.29) is 23.1 Å². The molecular weight excluding hydrogens is 368 g/mol. The molecule has 1 aliphatic rings. The van der Waals surface area contributed by atoms with E-state index >= 15 is 0 Å². The number of rotatable bonds is 5. The molecule has 0 spiro atoms. The summed E-state index contributed by atoms with van der Waals surface area (Å²) >= 11 is 1.27. The quantitative estimate of drug-likeness (QED) is 0.617. The highest BCUT2D eigenvalue weighted by Crippen LogP contribution is 2.31. The SMILES string of the molecule is COC(=O)c1ccc2c(=O)n(C[C@H](C)O)c(S[C@@H]3CCCCC3=O)nc2c1. The van der Waals surface area contributed by atoms with Crippen molar-refractivity contribution < 1.29 is 19.4 Å². The number of hydrogen-bond donors (Lipinski definition) is 1. The second-order valence-corrected chi connectivity index (χ2v) is 7.87. The molecule has 0 unspecified atom stereocenters. The van der Waals surface area contributed by atoms with E-state index in [4.69, 9.17) is 4.74 Å². The Balaban J connectivity index is 2.10. The minimum Gasteiger partial charge on any atom is -0.465 e. The van der Waals surface area contributed by atoms with Crippen molar-refractivity contribution in [3.63, 3.8) is 0 Å². The first kappa shape index (κ1) is 19.6. The molecule has 0 amide bonds. The third-order valence-corrected chi connectivity index (χ3v) is 5.84. The Hall–Kier alpha value is -2.19. The molecule has 1 aromatic heterocycles. The van der Waals surface area contributed by atoms with E-state index in [2.05, 4.69) is 4.98 Å². The van der Waals surface area contributed by atoms with Crippen LogP contribution in [0.15, 0.2) is 28.2 Å². The summed E-state index contributed by atoms with van der Waals surface area (Å²) in [7, 11) is 1.29. The van der Waals surface area contributed by atoms with Crippen LogP contribution in [0.1, 0.15) is 43.0 Å². The smallest absolute Gasteiger partial charge is 0.337 e. The van der Waals surface area contributed by atoms with Gasteiger partial charge in [-0.3, -0.25) is 14.2 Å². The van der Waals surface area contributed by atoms with Crippen molar-refractivity contribution in [1.29, 1.82) is 0 Å². The van der Waals surface area contributed by atoms with E-state index in [0.29, 0.717) is 28.0 Å². The maximum absolute atomic E-state index is 13.0. The van der Waals surface area contributed by atoms with Gasteiger partial charge in [0.1, 0.15) is 5.78 Å². The van der Waals surface area contributed by atoms with Gasteiger partial charge in [0.2, 0.25) is 0 Å². The van der Waals surface area contributed by atoms with Crippen molar-refractivity contribution in [2.75, 3.05) is 7.11 Å². The number of hydrogen-bond acceptors (Lipinski definition) is 7. The Morgan fingerprint density at radius 3 is 2.85 bits per heavy atom. The summed E-state index contributed by atoms with van der Waals surface area (Å²) in [5.41, 5.74) is 0.369. The number of Topliss-reactive ketones (excluding diaryl/α,β-unsaturated/α-hetero) is 1. The summed E-state index contributed by atoms with van der Waals surface area (Å²) in [5.74, 6) is -0.351. The van der Waals surface area contributed by atoms with Crippen LogP contribution in [-0.2, 0) is 16.1 Å². The molecule has 1 saturated carbocycles. The third kappa shape index (κ3) is 4.22. The predicted octanol–water partition coefficient (Wildman–Crippen LogP) is 2.17. The number of nitrogens with zero attached hydrogens (tertiary/aromatic N) is 2. The summed E-state index contributed by atoms with van der Waals surface area (Å²) in [5, 5.41) is 10.3. The van der Waals surface area contributed by atoms with Gasteiger partial charge in [0.05, 0.1) is 41.5 Å². The maximum Gasteiger partial charge on any atom is 0.337 e. The van der Waals surface area contributed by atoms with Crippen LogP contribution in [0, 0.1) is 0 Å². The lowest BCUT2D eigenvalue weighted by Gasteiger charge is -2.21. The minimum atomic E-state index is -0.738. The van der Waals surface area contributed by atoms with Crippen LogP contribution in [-0.4, -0.2) is 44.9 Å². The van der Waals surface area contributed by atoms with Gasteiger partial charge in [0.15, 0.2) is 5.16 Å². The molecule has 2 atom stereocenters. The molecule has 144 valence electrons. The lowest BCUT2D eigenvalue weighted by molar-refractivity contribution is -0.119. The average molecular weight is 390 g/mol. The molecular formula is C19H22N2O5S. The van der Waals surface area contributed by atoms with E-state index in [1.54, 1.807) is 6.92 Å². The number of aliphatic hydroxyl groups excluding tert-OH is 1. The van der Waals surface area contributed by atoms with Gasteiger partial charge in [-0.05, 0) is 38.0 Å². The Morgan fingerprint density at radius 2 is 2.19 bits per heavy atom. The van der Waals surface area contributed by atoms with Gasteiger partial charge in [-0.25, -0.2) is 9.78 Å². The van der Waals surface area contributed by atoms with Crippen LogP contribution in [0.4, 0.5) is 0 Å². The highest BCUT2D eigenvalue weighted by Gasteiger charge is 2.26. The monoisotopic (exact) mass is 390 g/mol. The number of benzene rings is 1. The molecule has 1 heterocycles. The van der Waals surface area contributed by atoms with Crippen LogP contribution in [0.2, 0.25) is 0 Å². The van der Waals surface area contributed by atoms with E-state index < -0.39 is 12.1 Å². The van der Waals surface area contributed by atoms with Crippen molar-refractivity contribution in [3.05, 3.63) is 34.1 Å². The van der Waals surface area contributed by atoms with Crippen LogP contribution in [0.3, 0.4) is 0 Å². The lowest BCUT2D eigenvalue weighted by atomic mass is 9.99. The van der Waals surface area contributed by atoms with Gasteiger partial charge in [-0.15, -0.1) is 0 Å². The molecule has 1 aliphatic carbocycles. The van der Waals surface area contributed by atoms with Crippen LogP contribution < -0.4 is 5.56 Å². The number of carbonyl (C=O) groups excluding carboxylic acids is 2. The van der Waals surface area contributed by atoms with Gasteiger partial charge >= 0.3 is 5.97 Å². The standard InChI is InChI=1S/C19H22N2O5S/c1-11(22)10-21-17(24)13-8-7-12(18(25)26-2)9-14(13)20-19(21)27-16-6-4-3-5-15(16)23/h7-9,11,16,22H,3-6,10H2,1-2H3/t11-,16+/m0/s1. The fourth-order valence-corrected chi connectivity index (χ4v) is 4.39. The average Bonchev–Trinajstić information content (AvgIpc) is 2.65. The molecule has 1 N–H and O–H groups in total. The fourth-order valence-electron chi connectivity index (χ4n) is 3.16. The second kappa shape index (κ2) is 8.22. The zero-order chi connectivity index (χ0) is 19.6. The van der Waals surface area contributed by atoms with E-state index in [1.165, 1.54) is 41.6 Å². The molecule has 0 saturated heterocycles. The van der Waals surface area contributed by atoms with Gasteiger partial charge in [0, 0.05) is 6.42 Å². The number of aliphatic hydroxyl groups is 1. The van der Waals surface area contributed by atoms with Crippen molar-refractivity contribution in [2.45, 2.75) is 55.7 Å². The first-order valence-corrected chi connectivity index (χ1v) is 9.79. The fraction of sp³-hybridized carbons (Fsp3) is 0.474. The molecule has 27 heavy (non-hydrogen) atoms. The molecule has 0 aliphatic heterocycles. The Labute approximate surface area is 160 Å². The van der Waals surface area contributed by atoms with Gasteiger partial charge in [0.25, 0.3) is 5.56 Å². The number of aromatic nitrogens is 2. The largest absolute Gasteiger partial charge is 0.465 e. The van der Waals surface area contributed by atoms with E-state index in [0.717, 1.165) is 19.3 Å². The molecule has 0 radical (unpaired) electrons. The number of fused-ring (bicyclic) bond motifs is 1. The number of ketones is 1. The predicted molar refractivity (Wildman–Crippen MR) is 102 cm³/mol. The number of carbonyl (C=O) groups is 2. The molecule has 0 bridgehead atoms. The van der Waals surface area contributed by atoms with Crippen molar-refractivity contribution in [3.8, 4) is 0 Å². The van der Waals surface area contributed by atoms with Crippen LogP contribution >= 0.6 is 11.8 Å². The first-order chi connectivity index (χ1) is 12.9. The van der Waals surface area contributed by atoms with E-state index in [1.807, 2.05) is 0 Å². The molecule has 2 aromatic rings. The maximum atomic E-state index is 13.0. The first-order valence-electron chi connectivity index (χ1n) is 8.91. The molecule has 1 aromatic carbocycles. The van der Waals surface area contributed by atoms with Crippen LogP contribution in [0.25, 0.3) is 10.9 Å². The minimum absolute atomic E-state index is 0.0871. The summed E-state index contributed by atoms with van der Waals surface area (Å²) in [6.07, 6.45) is 2.40. The Kier molecular flexibility index (Phi) is 5.96. The van der Waals surface area contributed by atoms with Gasteiger partial charge in [-0.2, -0.15) is 0 Å². The summed E-state index contributed by atoms with van der Waals surface area (Å²) in [6.45, 7) is 1.68. The third-order valence-electron chi connectivity index (χ3n) is 4.53. The van der Waals surface area contributed by atoms with Gasteiger partial charge < -0.3 is 9.84 Å². The highest BCUT2D eigenvalue weighted by atomic mass is 32.2. The van der Waals surface area contributed by atoms with Crippen molar-refractivity contribution in [2.24, 2.45) is 0 Å². The van der Waals surface area contributed by atoms with Crippen molar-refractivity contribution >= 4 is 34.4 Å². The van der Waals surface area contributed by atoms with Crippen LogP contribution in [0.5, 0.6) is 0 Å². The van der Waals surface area contributed by atoms with E-state index in [9.17, 15) is 19.5 Å². The van der Waals surface area contributed by atoms with Crippen molar-refractivity contribution in [1.82, 2.24) is 9.55 Å². The number of methoxy groups -OCH3 is 1. The topological polar surface area (TPSA) is 98.5 Å². The van der Waals surface area contributed by atoms with Gasteiger partial charge in [-0.1, -0.05) is 18.2 Å². The number of ether oxygens (including phenoxy) is 1. The highest BCUT2D eigenvalue weighted by molar-refractivity contribution is 8.00. The molecule has 3 rings (SSSR count). The Bertz CT molecular complexity index is 938. The summed E-state index contributed by atoms with van der Waals surface area (Å²) < 4.78 is 6.14. The normalized spacial score (nSPS) is 18.5. The Morgan fingerprint density at radius 1 is 1.41 bits per heavy atom. The summed E-state index contributed by atoms with van der Waals surface area (Å²) in [6, 6.07) is 4.57. The molecule has 7 nitrogen and oxygen atoms in total. The zero-order valence-corrected chi connectivity index (χ0v) is 16.1.